The van der Waals surface area contributed by atoms with E-state index in [1.54, 1.807) is 0 Å². The lowest BCUT2D eigenvalue weighted by molar-refractivity contribution is 0.238. The van der Waals surface area contributed by atoms with E-state index in [0.717, 1.165) is 13.1 Å². The van der Waals surface area contributed by atoms with Crippen LogP contribution in [0.25, 0.3) is 0 Å². The molecule has 1 aromatic rings. The van der Waals surface area contributed by atoms with Crippen LogP contribution in [0.5, 0.6) is 0 Å². The van der Waals surface area contributed by atoms with Crippen LogP contribution in [0.4, 0.5) is 11.4 Å². The normalized spacial score (nSPS) is 24.7. The molecule has 24 heavy (non-hydrogen) atoms. The molecule has 2 N–H and O–H groups in total. The molecule has 0 unspecified atom stereocenters. The third-order valence-corrected chi connectivity index (χ3v) is 6.48. The van der Waals surface area contributed by atoms with Gasteiger partial charge in [-0.2, -0.15) is 0 Å². The summed E-state index contributed by atoms with van der Waals surface area (Å²) in [5.74, 6) is 0. The van der Waals surface area contributed by atoms with Crippen LogP contribution >= 0.6 is 0 Å². The van der Waals surface area contributed by atoms with Gasteiger partial charge in [0.15, 0.2) is 0 Å². The van der Waals surface area contributed by atoms with E-state index in [4.69, 9.17) is 0 Å². The lowest BCUT2D eigenvalue weighted by Gasteiger charge is -2.51. The molecule has 0 saturated carbocycles. The Morgan fingerprint density at radius 1 is 1.04 bits per heavy atom. The van der Waals surface area contributed by atoms with Gasteiger partial charge < -0.3 is 20.4 Å². The molecular formula is C20H32N4. The molecule has 0 aliphatic carbocycles. The van der Waals surface area contributed by atoms with E-state index in [9.17, 15) is 0 Å². The third-order valence-electron chi connectivity index (χ3n) is 6.48. The van der Waals surface area contributed by atoms with Crippen LogP contribution in [0.2, 0.25) is 0 Å². The average molecular weight is 329 g/mol. The van der Waals surface area contributed by atoms with Gasteiger partial charge in [0, 0.05) is 12.6 Å². The number of rotatable bonds is 1. The lowest BCUT2D eigenvalue weighted by atomic mass is 9.83. The zero-order valence-corrected chi connectivity index (χ0v) is 15.5. The van der Waals surface area contributed by atoms with Crippen molar-refractivity contribution in [1.29, 1.82) is 0 Å². The first-order chi connectivity index (χ1) is 11.6. The minimum atomic E-state index is 0.253. The zero-order chi connectivity index (χ0) is 16.7. The van der Waals surface area contributed by atoms with E-state index in [1.807, 2.05) is 0 Å². The summed E-state index contributed by atoms with van der Waals surface area (Å²) >= 11 is 0. The fourth-order valence-electron chi connectivity index (χ4n) is 4.70. The highest BCUT2D eigenvalue weighted by molar-refractivity contribution is 5.76. The predicted octanol–water partition coefficient (Wildman–Crippen LogP) is 2.75. The Kier molecular flexibility index (Phi) is 4.21. The zero-order valence-electron chi connectivity index (χ0n) is 15.5. The second-order valence-electron chi connectivity index (χ2n) is 8.27. The summed E-state index contributed by atoms with van der Waals surface area (Å²) in [5.41, 5.74) is 5.87. The molecule has 0 aromatic heterocycles. The molecular weight excluding hydrogens is 296 g/mol. The van der Waals surface area contributed by atoms with Crippen LogP contribution in [-0.2, 0) is 0 Å². The number of nitrogens with one attached hydrogen (secondary N) is 2. The fraction of sp³-hybridized carbons (Fsp3) is 0.700. The Balaban J connectivity index is 1.69. The smallest absolute Gasteiger partial charge is 0.0608 e. The first kappa shape index (κ1) is 16.2. The highest BCUT2D eigenvalue weighted by atomic mass is 15.3. The van der Waals surface area contributed by atoms with E-state index in [2.05, 4.69) is 53.5 Å². The van der Waals surface area contributed by atoms with Crippen LogP contribution in [-0.4, -0.2) is 56.3 Å². The summed E-state index contributed by atoms with van der Waals surface area (Å²) in [6.07, 6.45) is 5.03. The largest absolute Gasteiger partial charge is 0.376 e. The summed E-state index contributed by atoms with van der Waals surface area (Å²) in [6.45, 7) is 10.4. The fourth-order valence-corrected chi connectivity index (χ4v) is 4.70. The summed E-state index contributed by atoms with van der Waals surface area (Å²) in [7, 11) is 2.25. The molecule has 2 saturated heterocycles. The molecule has 1 spiro atoms. The van der Waals surface area contributed by atoms with Crippen molar-refractivity contribution in [3.8, 4) is 0 Å². The topological polar surface area (TPSA) is 30.5 Å². The predicted molar refractivity (Wildman–Crippen MR) is 102 cm³/mol. The number of nitrogens with zero attached hydrogens (tertiary/aromatic N) is 2. The Morgan fingerprint density at radius 2 is 1.71 bits per heavy atom. The standard InChI is InChI=1S/C20H32N4/c1-15-12-18-19(13-16(15)2)24(17-4-10-23(3)11-5-17)14-20(22-18)6-8-21-9-7-20/h12-13,17,21-22H,4-11,14H2,1-3H3. The van der Waals surface area contributed by atoms with Gasteiger partial charge in [0.2, 0.25) is 0 Å². The molecule has 0 radical (unpaired) electrons. The van der Waals surface area contributed by atoms with Crippen molar-refractivity contribution in [2.24, 2.45) is 0 Å². The highest BCUT2D eigenvalue weighted by Gasteiger charge is 2.41. The number of aryl methyl sites for hydroxylation is 2. The van der Waals surface area contributed by atoms with E-state index in [1.165, 1.54) is 67.8 Å². The van der Waals surface area contributed by atoms with Gasteiger partial charge in [0.1, 0.15) is 0 Å². The summed E-state index contributed by atoms with van der Waals surface area (Å²) in [4.78, 5) is 5.23. The number of likely N-dealkylation sites (tertiary alicyclic amines) is 1. The van der Waals surface area contributed by atoms with Crippen molar-refractivity contribution in [2.75, 3.05) is 50.0 Å². The highest BCUT2D eigenvalue weighted by Crippen LogP contribution is 2.41. The van der Waals surface area contributed by atoms with Crippen LogP contribution < -0.4 is 15.5 Å². The monoisotopic (exact) mass is 328 g/mol. The molecule has 3 aliphatic heterocycles. The third kappa shape index (κ3) is 2.91. The van der Waals surface area contributed by atoms with Gasteiger partial charge in [-0.3, -0.25) is 0 Å². The molecule has 3 aliphatic rings. The number of hydrogen-bond acceptors (Lipinski definition) is 4. The summed E-state index contributed by atoms with van der Waals surface area (Å²) < 4.78 is 0. The molecule has 3 heterocycles. The maximum absolute atomic E-state index is 3.97. The van der Waals surface area contributed by atoms with Crippen molar-refractivity contribution in [1.82, 2.24) is 10.2 Å². The SMILES string of the molecule is Cc1cc2c(cc1C)N(C1CCN(C)CC1)CC1(CCNCC1)N2. The van der Waals surface area contributed by atoms with Crippen molar-refractivity contribution < 1.29 is 0 Å². The first-order valence-corrected chi connectivity index (χ1v) is 9.62. The van der Waals surface area contributed by atoms with E-state index in [-0.39, 0.29) is 5.54 Å². The second kappa shape index (κ2) is 6.23. The number of fused-ring (bicyclic) bond motifs is 1. The van der Waals surface area contributed by atoms with E-state index < -0.39 is 0 Å². The summed E-state index contributed by atoms with van der Waals surface area (Å²) in [6, 6.07) is 5.50. The Hall–Kier alpha value is -1.26. The average Bonchev–Trinajstić information content (AvgIpc) is 2.57. The van der Waals surface area contributed by atoms with E-state index >= 15 is 0 Å². The first-order valence-electron chi connectivity index (χ1n) is 9.62. The molecule has 0 bridgehead atoms. The number of piperidine rings is 2. The van der Waals surface area contributed by atoms with Crippen molar-refractivity contribution in [3.05, 3.63) is 23.3 Å². The van der Waals surface area contributed by atoms with Gasteiger partial charge in [0.05, 0.1) is 16.9 Å². The van der Waals surface area contributed by atoms with Gasteiger partial charge in [-0.05, 0) is 96.0 Å². The van der Waals surface area contributed by atoms with Gasteiger partial charge >= 0.3 is 0 Å². The maximum atomic E-state index is 3.97. The van der Waals surface area contributed by atoms with Gasteiger partial charge in [-0.25, -0.2) is 0 Å². The quantitative estimate of drug-likeness (QED) is 0.830. The maximum Gasteiger partial charge on any atom is 0.0608 e. The lowest BCUT2D eigenvalue weighted by Crippen LogP contribution is -2.60. The molecule has 4 nitrogen and oxygen atoms in total. The van der Waals surface area contributed by atoms with Crippen LogP contribution in [0.15, 0.2) is 12.1 Å². The molecule has 1 aromatic carbocycles. The second-order valence-corrected chi connectivity index (χ2v) is 8.27. The Labute approximate surface area is 146 Å². The van der Waals surface area contributed by atoms with Crippen molar-refractivity contribution >= 4 is 11.4 Å². The molecule has 4 rings (SSSR count). The molecule has 4 heteroatoms. The summed E-state index contributed by atoms with van der Waals surface area (Å²) in [5, 5.41) is 7.50. The van der Waals surface area contributed by atoms with Crippen LogP contribution in [0.1, 0.15) is 36.8 Å². The minimum absolute atomic E-state index is 0.253. The van der Waals surface area contributed by atoms with Crippen LogP contribution in [0, 0.1) is 13.8 Å². The molecule has 0 atom stereocenters. The molecule has 132 valence electrons. The molecule has 0 amide bonds. The van der Waals surface area contributed by atoms with Crippen LogP contribution in [0.3, 0.4) is 0 Å². The van der Waals surface area contributed by atoms with Crippen molar-refractivity contribution in [3.63, 3.8) is 0 Å². The molecule has 2 fully saturated rings. The van der Waals surface area contributed by atoms with Gasteiger partial charge in [0.25, 0.3) is 0 Å². The van der Waals surface area contributed by atoms with Gasteiger partial charge in [-0.15, -0.1) is 0 Å². The Morgan fingerprint density at radius 3 is 2.42 bits per heavy atom. The van der Waals surface area contributed by atoms with Crippen molar-refractivity contribution in [2.45, 2.75) is 51.1 Å². The number of benzene rings is 1. The Bertz CT molecular complexity index is 598. The minimum Gasteiger partial charge on any atom is -0.376 e. The number of hydrogen-bond donors (Lipinski definition) is 2. The van der Waals surface area contributed by atoms with E-state index in [0.29, 0.717) is 6.04 Å². The van der Waals surface area contributed by atoms with Gasteiger partial charge in [-0.1, -0.05) is 0 Å². The number of anilines is 2.